The summed E-state index contributed by atoms with van der Waals surface area (Å²) in [6, 6.07) is 23.6. The number of likely N-dealkylation sites (N-methyl/N-ethyl adjacent to an activating group) is 2. The third-order valence-electron chi connectivity index (χ3n) is 9.78. The minimum absolute atomic E-state index is 0.197. The first-order chi connectivity index (χ1) is 22.8. The van der Waals surface area contributed by atoms with Gasteiger partial charge in [-0.3, -0.25) is 9.80 Å². The monoisotopic (exact) mass is 638 g/mol. The number of nitrogens with zero attached hydrogens (tertiary/aromatic N) is 2. The highest BCUT2D eigenvalue weighted by Gasteiger charge is 2.29. The van der Waals surface area contributed by atoms with Crippen molar-refractivity contribution in [1.82, 2.24) is 9.80 Å². The molecule has 2 aliphatic heterocycles. The molecule has 0 amide bonds. The molecular weight excluding hydrogens is 592 g/mol. The number of fused-ring (bicyclic) bond motifs is 2. The van der Waals surface area contributed by atoms with Gasteiger partial charge >= 0.3 is 0 Å². The van der Waals surface area contributed by atoms with Crippen molar-refractivity contribution in [2.24, 2.45) is 0 Å². The van der Waals surface area contributed by atoms with Crippen LogP contribution in [0.1, 0.15) is 45.5 Å². The van der Waals surface area contributed by atoms with Crippen LogP contribution in [0.25, 0.3) is 0 Å². The maximum atomic E-state index is 6.46. The van der Waals surface area contributed by atoms with Crippen LogP contribution in [0, 0.1) is 0 Å². The molecule has 47 heavy (non-hydrogen) atoms. The van der Waals surface area contributed by atoms with E-state index >= 15 is 0 Å². The van der Waals surface area contributed by atoms with Crippen LogP contribution in [0.2, 0.25) is 0 Å². The van der Waals surface area contributed by atoms with Crippen molar-refractivity contribution in [2.75, 3.05) is 62.7 Å². The van der Waals surface area contributed by atoms with Gasteiger partial charge in [0.25, 0.3) is 0 Å². The second-order valence-corrected chi connectivity index (χ2v) is 12.4. The second kappa shape index (κ2) is 14.2. The molecule has 0 fully saturated rings. The lowest BCUT2D eigenvalue weighted by molar-refractivity contribution is 0.227. The van der Waals surface area contributed by atoms with E-state index in [0.29, 0.717) is 11.5 Å². The number of methoxy groups -OCH3 is 5. The number of rotatable bonds is 11. The second-order valence-electron chi connectivity index (χ2n) is 12.4. The predicted octanol–water partition coefficient (Wildman–Crippen LogP) is 7.07. The molecular formula is C39H46N2O6. The van der Waals surface area contributed by atoms with Crippen LogP contribution in [-0.2, 0) is 25.7 Å². The largest absolute Gasteiger partial charge is 0.493 e. The molecule has 0 aromatic heterocycles. The van der Waals surface area contributed by atoms with Crippen molar-refractivity contribution in [3.63, 3.8) is 0 Å². The summed E-state index contributed by atoms with van der Waals surface area (Å²) in [5, 5.41) is 0. The third-order valence-corrected chi connectivity index (χ3v) is 9.78. The quantitative estimate of drug-likeness (QED) is 0.173. The number of benzene rings is 4. The summed E-state index contributed by atoms with van der Waals surface area (Å²) in [5.74, 6) is 5.25. The first-order valence-electron chi connectivity index (χ1n) is 16.2. The summed E-state index contributed by atoms with van der Waals surface area (Å²) in [4.78, 5) is 4.83. The van der Waals surface area contributed by atoms with E-state index in [4.69, 9.17) is 28.4 Å². The van der Waals surface area contributed by atoms with Crippen LogP contribution in [0.5, 0.6) is 40.2 Å². The van der Waals surface area contributed by atoms with Crippen molar-refractivity contribution in [3.8, 4) is 40.2 Å². The van der Waals surface area contributed by atoms with Gasteiger partial charge in [-0.1, -0.05) is 18.2 Å². The number of hydrogen-bond acceptors (Lipinski definition) is 8. The van der Waals surface area contributed by atoms with Crippen LogP contribution in [-0.4, -0.2) is 72.5 Å². The zero-order chi connectivity index (χ0) is 33.1. The van der Waals surface area contributed by atoms with Gasteiger partial charge in [-0.05, 0) is 122 Å². The first-order valence-corrected chi connectivity index (χ1v) is 16.2. The molecule has 8 nitrogen and oxygen atoms in total. The molecule has 2 heterocycles. The standard InChI is InChI=1S/C39H46N2O6/c1-40-16-14-27-21-35(43-4)37(45-6)23-30(27)32(40)18-25-8-11-29(12-9-25)47-39-20-26(10-13-34(39)42-3)19-33-31-24-38(46-7)36(44-5)22-28(31)15-17-41(33)2/h8-13,20-24,32-33H,14-19H2,1-7H3/t32-,33-/m0/s1. The lowest BCUT2D eigenvalue weighted by atomic mass is 9.88. The fourth-order valence-corrected chi connectivity index (χ4v) is 7.03. The molecule has 2 atom stereocenters. The summed E-state index contributed by atoms with van der Waals surface area (Å²) in [5.41, 5.74) is 7.60. The lowest BCUT2D eigenvalue weighted by Gasteiger charge is -2.35. The molecule has 0 radical (unpaired) electrons. The molecule has 0 aliphatic carbocycles. The summed E-state index contributed by atoms with van der Waals surface area (Å²) in [6.45, 7) is 1.97. The Kier molecular flexibility index (Phi) is 9.80. The van der Waals surface area contributed by atoms with E-state index in [1.165, 1.54) is 33.4 Å². The van der Waals surface area contributed by atoms with Crippen molar-refractivity contribution in [3.05, 3.63) is 100 Å². The molecule has 0 N–H and O–H groups in total. The Morgan fingerprint density at radius 1 is 0.511 bits per heavy atom. The summed E-state index contributed by atoms with van der Waals surface area (Å²) in [7, 11) is 12.8. The first kappa shape index (κ1) is 32.5. The minimum Gasteiger partial charge on any atom is -0.493 e. The van der Waals surface area contributed by atoms with Crippen LogP contribution in [0.4, 0.5) is 0 Å². The highest BCUT2D eigenvalue weighted by molar-refractivity contribution is 5.52. The summed E-state index contributed by atoms with van der Waals surface area (Å²) < 4.78 is 34.6. The van der Waals surface area contributed by atoms with Gasteiger partial charge in [0.2, 0.25) is 0 Å². The van der Waals surface area contributed by atoms with Crippen molar-refractivity contribution >= 4 is 0 Å². The van der Waals surface area contributed by atoms with Gasteiger partial charge in [0.1, 0.15) is 5.75 Å². The molecule has 0 bridgehead atoms. The molecule has 0 saturated heterocycles. The van der Waals surface area contributed by atoms with Gasteiger partial charge in [-0.25, -0.2) is 0 Å². The number of hydrogen-bond donors (Lipinski definition) is 0. The molecule has 4 aromatic carbocycles. The Morgan fingerprint density at radius 3 is 1.45 bits per heavy atom. The van der Waals surface area contributed by atoms with Gasteiger partial charge in [-0.2, -0.15) is 0 Å². The molecule has 0 spiro atoms. The van der Waals surface area contributed by atoms with Gasteiger partial charge < -0.3 is 28.4 Å². The fourth-order valence-electron chi connectivity index (χ4n) is 7.03. The van der Waals surface area contributed by atoms with Crippen molar-refractivity contribution < 1.29 is 28.4 Å². The van der Waals surface area contributed by atoms with E-state index in [1.807, 2.05) is 18.2 Å². The average Bonchev–Trinajstić information content (AvgIpc) is 3.10. The predicted molar refractivity (Wildman–Crippen MR) is 184 cm³/mol. The van der Waals surface area contributed by atoms with Gasteiger partial charge in [-0.15, -0.1) is 0 Å². The van der Waals surface area contributed by atoms with E-state index in [-0.39, 0.29) is 12.1 Å². The topological polar surface area (TPSA) is 61.9 Å². The molecule has 6 rings (SSSR count). The lowest BCUT2D eigenvalue weighted by Crippen LogP contribution is -2.33. The maximum absolute atomic E-state index is 6.46. The van der Waals surface area contributed by atoms with Crippen molar-refractivity contribution in [1.29, 1.82) is 0 Å². The maximum Gasteiger partial charge on any atom is 0.169 e. The molecule has 2 aliphatic rings. The Hall–Kier alpha value is -4.40. The van der Waals surface area contributed by atoms with Crippen LogP contribution >= 0.6 is 0 Å². The highest BCUT2D eigenvalue weighted by Crippen LogP contribution is 2.41. The van der Waals surface area contributed by atoms with E-state index in [2.05, 4.69) is 72.4 Å². The van der Waals surface area contributed by atoms with Gasteiger partial charge in [0.15, 0.2) is 34.5 Å². The van der Waals surface area contributed by atoms with E-state index in [1.54, 1.807) is 35.5 Å². The molecule has 8 heteroatoms. The smallest absolute Gasteiger partial charge is 0.169 e. The average molecular weight is 639 g/mol. The minimum atomic E-state index is 0.197. The van der Waals surface area contributed by atoms with Crippen LogP contribution < -0.4 is 28.4 Å². The normalized spacial score (nSPS) is 17.8. The molecule has 248 valence electrons. The Balaban J connectivity index is 1.20. The zero-order valence-corrected chi connectivity index (χ0v) is 28.6. The summed E-state index contributed by atoms with van der Waals surface area (Å²) in [6.07, 6.45) is 3.67. The van der Waals surface area contributed by atoms with Gasteiger partial charge in [0, 0.05) is 25.2 Å². The SMILES string of the molecule is COc1cc2c(cc1OC)[C@H](Cc1ccc(Oc3cc(C[C@H]4c5cc(OC)c(OC)cc5CCN4C)ccc3OC)cc1)N(C)CC2. The van der Waals surface area contributed by atoms with Gasteiger partial charge in [0.05, 0.1) is 35.5 Å². The van der Waals surface area contributed by atoms with E-state index in [0.717, 1.165) is 67.5 Å². The Labute approximate surface area is 278 Å². The molecule has 0 unspecified atom stereocenters. The number of ether oxygens (including phenoxy) is 6. The van der Waals surface area contributed by atoms with Crippen molar-refractivity contribution in [2.45, 2.75) is 37.8 Å². The van der Waals surface area contributed by atoms with E-state index < -0.39 is 0 Å². The highest BCUT2D eigenvalue weighted by atomic mass is 16.5. The molecule has 0 saturated carbocycles. The fraction of sp³-hybridized carbons (Fsp3) is 0.385. The Bertz CT molecular complexity index is 1710. The zero-order valence-electron chi connectivity index (χ0n) is 28.6. The summed E-state index contributed by atoms with van der Waals surface area (Å²) >= 11 is 0. The Morgan fingerprint density at radius 2 is 0.957 bits per heavy atom. The third kappa shape index (κ3) is 6.71. The molecule has 4 aromatic rings. The van der Waals surface area contributed by atoms with Crippen LogP contribution in [0.3, 0.4) is 0 Å². The van der Waals surface area contributed by atoms with Crippen LogP contribution in [0.15, 0.2) is 66.7 Å². The van der Waals surface area contributed by atoms with E-state index in [9.17, 15) is 0 Å².